The van der Waals surface area contributed by atoms with Gasteiger partial charge in [-0.3, -0.25) is 0 Å². The number of nitrogens with zero attached hydrogens (tertiary/aromatic N) is 1. The molecule has 2 rings (SSSR count). The molecule has 1 aliphatic rings. The highest BCUT2D eigenvalue weighted by Crippen LogP contribution is 2.21. The number of carbonyl (C=O) groups is 1. The molecule has 1 heterocycles. The zero-order valence-corrected chi connectivity index (χ0v) is 9.13. The number of primary amides is 1. The molecule has 0 fully saturated rings. The van der Waals surface area contributed by atoms with E-state index in [4.69, 9.17) is 10.6 Å². The van der Waals surface area contributed by atoms with Crippen LogP contribution >= 0.6 is 0 Å². The van der Waals surface area contributed by atoms with Crippen LogP contribution in [0.3, 0.4) is 0 Å². The van der Waals surface area contributed by atoms with Gasteiger partial charge < -0.3 is 15.3 Å². The van der Waals surface area contributed by atoms with E-state index in [2.05, 4.69) is 9.89 Å². The predicted octanol–water partition coefficient (Wildman–Crippen LogP) is 1.93. The molecule has 0 aliphatic carbocycles. The fourth-order valence-electron chi connectivity index (χ4n) is 1.41. The zero-order valence-electron chi connectivity index (χ0n) is 9.13. The number of carbonyl (C=O) groups excluding carboxylic acids is 1. The Balaban J connectivity index is 2.00. The van der Waals surface area contributed by atoms with Gasteiger partial charge in [0.1, 0.15) is 0 Å². The summed E-state index contributed by atoms with van der Waals surface area (Å²) in [7, 11) is 0. The molecule has 0 saturated carbocycles. The molecule has 0 atom stereocenters. The molecule has 5 heteroatoms. The quantitative estimate of drug-likeness (QED) is 0.865. The van der Waals surface area contributed by atoms with E-state index < -0.39 is 6.09 Å². The first-order chi connectivity index (χ1) is 8.25. The van der Waals surface area contributed by atoms with Crippen molar-refractivity contribution < 1.29 is 14.4 Å². The van der Waals surface area contributed by atoms with E-state index in [0.717, 1.165) is 5.56 Å². The number of allylic oxidation sites excluding steroid dienone is 1. The van der Waals surface area contributed by atoms with Crippen LogP contribution in [0.15, 0.2) is 35.5 Å². The lowest BCUT2D eigenvalue weighted by Crippen LogP contribution is -2.15. The minimum absolute atomic E-state index is 0.193. The lowest BCUT2D eigenvalue weighted by Gasteiger charge is -2.01. The summed E-state index contributed by atoms with van der Waals surface area (Å²) < 4.78 is 4.63. The second kappa shape index (κ2) is 5.16. The Morgan fingerprint density at radius 2 is 2.18 bits per heavy atom. The van der Waals surface area contributed by atoms with E-state index in [9.17, 15) is 4.79 Å². The highest BCUT2D eigenvalue weighted by atomic mass is 16.6. The smallest absolute Gasteiger partial charge is 0.404 e. The van der Waals surface area contributed by atoms with Gasteiger partial charge in [0.25, 0.3) is 0 Å². The molecular weight excluding hydrogens is 220 g/mol. The predicted molar refractivity (Wildman–Crippen MR) is 63.7 cm³/mol. The molecule has 5 nitrogen and oxygen atoms in total. The highest BCUT2D eigenvalue weighted by Gasteiger charge is 2.06. The van der Waals surface area contributed by atoms with Gasteiger partial charge in [-0.15, -0.1) is 0 Å². The number of amides is 1. The Morgan fingerprint density at radius 1 is 1.35 bits per heavy atom. The number of hydrogen-bond donors (Lipinski definition) is 1. The summed E-state index contributed by atoms with van der Waals surface area (Å²) in [6.45, 7) is 0.193. The van der Waals surface area contributed by atoms with Gasteiger partial charge in [-0.25, -0.2) is 4.79 Å². The molecule has 0 radical (unpaired) electrons. The number of oxime groups is 1. The van der Waals surface area contributed by atoms with E-state index in [1.165, 1.54) is 0 Å². The van der Waals surface area contributed by atoms with Crippen LogP contribution in [-0.4, -0.2) is 18.4 Å². The zero-order chi connectivity index (χ0) is 12.1. The van der Waals surface area contributed by atoms with Crippen molar-refractivity contribution in [2.24, 2.45) is 10.9 Å². The molecule has 2 N–H and O–H groups in total. The first-order valence-corrected chi connectivity index (χ1v) is 5.19. The SMILES string of the molecule is NC(=O)OCCC1=NOc2ccccc2C=C1. The lowest BCUT2D eigenvalue weighted by atomic mass is 10.1. The largest absolute Gasteiger partial charge is 0.449 e. The Kier molecular flexibility index (Phi) is 3.40. The van der Waals surface area contributed by atoms with Crippen molar-refractivity contribution in [3.05, 3.63) is 35.9 Å². The number of hydrogen-bond acceptors (Lipinski definition) is 4. The van der Waals surface area contributed by atoms with Gasteiger partial charge in [0.2, 0.25) is 0 Å². The maximum atomic E-state index is 10.4. The molecule has 0 saturated heterocycles. The second-order valence-corrected chi connectivity index (χ2v) is 3.46. The van der Waals surface area contributed by atoms with Crippen molar-refractivity contribution >= 4 is 17.9 Å². The Morgan fingerprint density at radius 3 is 3.00 bits per heavy atom. The van der Waals surface area contributed by atoms with Gasteiger partial charge in [0, 0.05) is 12.0 Å². The van der Waals surface area contributed by atoms with Gasteiger partial charge in [-0.1, -0.05) is 23.4 Å². The maximum Gasteiger partial charge on any atom is 0.404 e. The van der Waals surface area contributed by atoms with Gasteiger partial charge >= 0.3 is 6.09 Å². The highest BCUT2D eigenvalue weighted by molar-refractivity contribution is 5.98. The topological polar surface area (TPSA) is 73.9 Å². The fraction of sp³-hybridized carbons (Fsp3) is 0.167. The molecule has 0 aromatic heterocycles. The van der Waals surface area contributed by atoms with Crippen molar-refractivity contribution in [1.82, 2.24) is 0 Å². The molecule has 1 aromatic carbocycles. The molecule has 0 bridgehead atoms. The number of nitrogens with two attached hydrogens (primary N) is 1. The summed E-state index contributed by atoms with van der Waals surface area (Å²) in [6, 6.07) is 7.58. The van der Waals surface area contributed by atoms with E-state index in [0.29, 0.717) is 17.9 Å². The standard InChI is InChI=1S/C12H12N2O3/c13-12(15)16-8-7-10-6-5-9-3-1-2-4-11(9)17-14-10/h1-6H,7-8H2,(H2,13,15). The van der Waals surface area contributed by atoms with Crippen LogP contribution in [0, 0.1) is 0 Å². The van der Waals surface area contributed by atoms with Crippen molar-refractivity contribution in [2.45, 2.75) is 6.42 Å². The Bertz CT molecular complexity index is 480. The van der Waals surface area contributed by atoms with Crippen LogP contribution in [-0.2, 0) is 4.74 Å². The van der Waals surface area contributed by atoms with Crippen molar-refractivity contribution in [2.75, 3.05) is 6.61 Å². The molecular formula is C12H12N2O3. The third-order valence-corrected chi connectivity index (χ3v) is 2.24. The summed E-state index contributed by atoms with van der Waals surface area (Å²) in [5.41, 5.74) is 6.51. The van der Waals surface area contributed by atoms with Gasteiger partial charge in [-0.05, 0) is 18.2 Å². The number of fused-ring (bicyclic) bond motifs is 1. The Hall–Kier alpha value is -2.30. The van der Waals surface area contributed by atoms with E-state index >= 15 is 0 Å². The van der Waals surface area contributed by atoms with E-state index in [1.807, 2.05) is 36.4 Å². The average Bonchev–Trinajstić information content (AvgIpc) is 2.52. The van der Waals surface area contributed by atoms with E-state index in [1.54, 1.807) is 0 Å². The van der Waals surface area contributed by atoms with E-state index in [-0.39, 0.29) is 6.61 Å². The average molecular weight is 232 g/mol. The van der Waals surface area contributed by atoms with Gasteiger partial charge in [0.05, 0.1) is 12.3 Å². The molecule has 0 spiro atoms. The fourth-order valence-corrected chi connectivity index (χ4v) is 1.41. The number of benzene rings is 1. The molecule has 88 valence electrons. The summed E-state index contributed by atoms with van der Waals surface area (Å²) in [5.74, 6) is 0.703. The first-order valence-electron chi connectivity index (χ1n) is 5.19. The van der Waals surface area contributed by atoms with Crippen LogP contribution in [0.2, 0.25) is 0 Å². The minimum atomic E-state index is -0.785. The molecule has 0 unspecified atom stereocenters. The summed E-state index contributed by atoms with van der Waals surface area (Å²) in [5, 5.41) is 3.96. The van der Waals surface area contributed by atoms with Crippen LogP contribution in [0.1, 0.15) is 12.0 Å². The van der Waals surface area contributed by atoms with Crippen molar-refractivity contribution in [3.8, 4) is 5.75 Å². The normalized spacial score (nSPS) is 13.1. The lowest BCUT2D eigenvalue weighted by molar-refractivity contribution is 0.160. The van der Waals surface area contributed by atoms with Gasteiger partial charge in [-0.2, -0.15) is 0 Å². The molecule has 1 aliphatic heterocycles. The third-order valence-electron chi connectivity index (χ3n) is 2.24. The van der Waals surface area contributed by atoms with Crippen LogP contribution in [0.5, 0.6) is 5.75 Å². The number of ether oxygens (including phenoxy) is 1. The van der Waals surface area contributed by atoms with Crippen LogP contribution < -0.4 is 10.6 Å². The molecule has 17 heavy (non-hydrogen) atoms. The minimum Gasteiger partial charge on any atom is -0.449 e. The second-order valence-electron chi connectivity index (χ2n) is 3.46. The Labute approximate surface area is 98.5 Å². The summed E-state index contributed by atoms with van der Waals surface area (Å²) >= 11 is 0. The molecule has 1 amide bonds. The summed E-state index contributed by atoms with van der Waals surface area (Å²) in [6.07, 6.45) is 3.42. The van der Waals surface area contributed by atoms with Gasteiger partial charge in [0.15, 0.2) is 5.75 Å². The van der Waals surface area contributed by atoms with Crippen LogP contribution in [0.4, 0.5) is 4.79 Å². The number of para-hydroxylation sites is 1. The molecule has 1 aromatic rings. The van der Waals surface area contributed by atoms with Crippen molar-refractivity contribution in [3.63, 3.8) is 0 Å². The maximum absolute atomic E-state index is 10.4. The van der Waals surface area contributed by atoms with Crippen molar-refractivity contribution in [1.29, 1.82) is 0 Å². The monoisotopic (exact) mass is 232 g/mol. The number of rotatable bonds is 3. The van der Waals surface area contributed by atoms with Crippen LogP contribution in [0.25, 0.3) is 6.08 Å². The third kappa shape index (κ3) is 3.07. The first kappa shape index (κ1) is 11.2. The summed E-state index contributed by atoms with van der Waals surface area (Å²) in [4.78, 5) is 15.7.